The standard InChI is InChI=1S/C19H15N3O3/c1-21-18(23)17(22(25)19(21)24)13-8-6-12(7-9-13)15-10-14-4-2-3-5-16(14)20-11-15/h2-11,23,25H,1H3. The third-order valence-electron chi connectivity index (χ3n) is 4.29. The predicted molar refractivity (Wildman–Crippen MR) is 94.7 cm³/mol. The smallest absolute Gasteiger partial charge is 0.364 e. The van der Waals surface area contributed by atoms with Crippen molar-refractivity contribution in [3.8, 4) is 28.3 Å². The lowest BCUT2D eigenvalue weighted by Crippen LogP contribution is -2.20. The van der Waals surface area contributed by atoms with Crippen molar-refractivity contribution >= 4 is 10.9 Å². The zero-order valence-corrected chi connectivity index (χ0v) is 13.4. The molecule has 0 unspecified atom stereocenters. The van der Waals surface area contributed by atoms with Gasteiger partial charge in [-0.15, -0.1) is 4.73 Å². The Morgan fingerprint density at radius 3 is 2.32 bits per heavy atom. The second kappa shape index (κ2) is 5.52. The van der Waals surface area contributed by atoms with Gasteiger partial charge in [0.1, 0.15) is 0 Å². The first-order valence-electron chi connectivity index (χ1n) is 7.72. The average Bonchev–Trinajstić information content (AvgIpc) is 2.85. The Labute approximate surface area is 142 Å². The molecule has 4 rings (SSSR count). The zero-order valence-electron chi connectivity index (χ0n) is 13.4. The number of pyridine rings is 1. The first-order chi connectivity index (χ1) is 12.1. The maximum Gasteiger partial charge on any atom is 0.364 e. The minimum Gasteiger partial charge on any atom is -0.493 e. The van der Waals surface area contributed by atoms with E-state index in [1.165, 1.54) is 7.05 Å². The van der Waals surface area contributed by atoms with Crippen LogP contribution in [0.1, 0.15) is 0 Å². The maximum atomic E-state index is 11.7. The third-order valence-corrected chi connectivity index (χ3v) is 4.29. The number of hydrogen-bond donors (Lipinski definition) is 2. The van der Waals surface area contributed by atoms with Crippen LogP contribution in [0.15, 0.2) is 65.6 Å². The van der Waals surface area contributed by atoms with Crippen LogP contribution in [-0.2, 0) is 7.05 Å². The van der Waals surface area contributed by atoms with Crippen LogP contribution in [0.2, 0.25) is 0 Å². The van der Waals surface area contributed by atoms with Crippen LogP contribution >= 0.6 is 0 Å². The highest BCUT2D eigenvalue weighted by molar-refractivity contribution is 5.83. The highest BCUT2D eigenvalue weighted by Crippen LogP contribution is 2.30. The van der Waals surface area contributed by atoms with E-state index in [4.69, 9.17) is 0 Å². The number of para-hydroxylation sites is 1. The molecule has 25 heavy (non-hydrogen) atoms. The van der Waals surface area contributed by atoms with Crippen LogP contribution in [0.4, 0.5) is 0 Å². The Morgan fingerprint density at radius 2 is 1.64 bits per heavy atom. The molecule has 6 heteroatoms. The maximum absolute atomic E-state index is 11.7. The monoisotopic (exact) mass is 333 g/mol. The Kier molecular flexibility index (Phi) is 3.32. The Bertz CT molecular complexity index is 1140. The van der Waals surface area contributed by atoms with Crippen LogP contribution in [0.3, 0.4) is 0 Å². The Hall–Kier alpha value is -3.54. The second-order valence-electron chi connectivity index (χ2n) is 5.82. The molecule has 2 aromatic carbocycles. The van der Waals surface area contributed by atoms with Crippen molar-refractivity contribution in [3.63, 3.8) is 0 Å². The van der Waals surface area contributed by atoms with E-state index in [1.54, 1.807) is 18.3 Å². The molecule has 0 aliphatic rings. The Balaban J connectivity index is 1.77. The molecule has 0 amide bonds. The van der Waals surface area contributed by atoms with Crippen molar-refractivity contribution in [2.24, 2.45) is 7.05 Å². The van der Waals surface area contributed by atoms with Crippen LogP contribution < -0.4 is 5.69 Å². The number of hydrogen-bond acceptors (Lipinski definition) is 4. The summed E-state index contributed by atoms with van der Waals surface area (Å²) in [6.45, 7) is 0. The number of aromatic nitrogens is 3. The quantitative estimate of drug-likeness (QED) is 0.553. The topological polar surface area (TPSA) is 80.3 Å². The predicted octanol–water partition coefficient (Wildman–Crippen LogP) is 3.01. The van der Waals surface area contributed by atoms with Gasteiger partial charge in [0.25, 0.3) is 0 Å². The van der Waals surface area contributed by atoms with Crippen LogP contribution in [0.25, 0.3) is 33.3 Å². The lowest BCUT2D eigenvalue weighted by molar-refractivity contribution is 0.178. The second-order valence-corrected chi connectivity index (χ2v) is 5.82. The van der Waals surface area contributed by atoms with E-state index in [0.717, 1.165) is 26.6 Å². The number of nitrogens with zero attached hydrogens (tertiary/aromatic N) is 3. The number of imidazole rings is 1. The molecule has 0 radical (unpaired) electrons. The van der Waals surface area contributed by atoms with Gasteiger partial charge in [-0.05, 0) is 17.7 Å². The first-order valence-corrected chi connectivity index (χ1v) is 7.72. The van der Waals surface area contributed by atoms with Crippen molar-refractivity contribution in [3.05, 3.63) is 71.3 Å². The Morgan fingerprint density at radius 1 is 0.960 bits per heavy atom. The molecule has 0 saturated carbocycles. The normalized spacial score (nSPS) is 11.1. The largest absolute Gasteiger partial charge is 0.493 e. The number of aromatic hydroxyl groups is 1. The SMILES string of the molecule is Cn1c(O)c(-c2ccc(-c3cnc4ccccc4c3)cc2)n(O)c1=O. The van der Waals surface area contributed by atoms with E-state index in [9.17, 15) is 15.1 Å². The molecule has 2 heterocycles. The minimum absolute atomic E-state index is 0.0655. The number of benzene rings is 2. The van der Waals surface area contributed by atoms with Crippen molar-refractivity contribution in [2.45, 2.75) is 0 Å². The first kappa shape index (κ1) is 15.0. The molecule has 0 saturated heterocycles. The van der Waals surface area contributed by atoms with Crippen LogP contribution in [0.5, 0.6) is 5.88 Å². The van der Waals surface area contributed by atoms with E-state index in [0.29, 0.717) is 10.3 Å². The molecule has 2 N–H and O–H groups in total. The summed E-state index contributed by atoms with van der Waals surface area (Å²) in [5.74, 6) is -0.285. The summed E-state index contributed by atoms with van der Waals surface area (Å²) < 4.78 is 1.43. The molecule has 6 nitrogen and oxygen atoms in total. The van der Waals surface area contributed by atoms with Gasteiger partial charge in [-0.2, -0.15) is 0 Å². The lowest BCUT2D eigenvalue weighted by atomic mass is 10.0. The van der Waals surface area contributed by atoms with E-state index < -0.39 is 5.69 Å². The van der Waals surface area contributed by atoms with Crippen molar-refractivity contribution in [2.75, 3.05) is 0 Å². The average molecular weight is 333 g/mol. The molecule has 124 valence electrons. The fourth-order valence-electron chi connectivity index (χ4n) is 2.88. The summed E-state index contributed by atoms with van der Waals surface area (Å²) in [5, 5.41) is 21.0. The fourth-order valence-corrected chi connectivity index (χ4v) is 2.88. The zero-order chi connectivity index (χ0) is 17.6. The third kappa shape index (κ3) is 2.35. The van der Waals surface area contributed by atoms with Gasteiger partial charge in [-0.1, -0.05) is 42.5 Å². The van der Waals surface area contributed by atoms with E-state index in [-0.39, 0.29) is 11.6 Å². The van der Waals surface area contributed by atoms with E-state index in [1.807, 2.05) is 36.4 Å². The van der Waals surface area contributed by atoms with Gasteiger partial charge in [-0.25, -0.2) is 4.79 Å². The van der Waals surface area contributed by atoms with E-state index >= 15 is 0 Å². The summed E-state index contributed by atoms with van der Waals surface area (Å²) in [7, 11) is 1.39. The molecule has 0 bridgehead atoms. The number of fused-ring (bicyclic) bond motifs is 1. The summed E-state index contributed by atoms with van der Waals surface area (Å²) in [5.41, 5.74) is 2.75. The molecule has 0 aliphatic carbocycles. The molecule has 0 spiro atoms. The molecule has 4 aromatic rings. The molecule has 2 aromatic heterocycles. The molecular formula is C19H15N3O3. The highest BCUT2D eigenvalue weighted by Gasteiger charge is 2.18. The van der Waals surface area contributed by atoms with Crippen molar-refractivity contribution < 1.29 is 10.3 Å². The summed E-state index contributed by atoms with van der Waals surface area (Å²) in [6, 6.07) is 17.1. The van der Waals surface area contributed by atoms with Gasteiger partial charge >= 0.3 is 5.69 Å². The van der Waals surface area contributed by atoms with Gasteiger partial charge in [0.15, 0.2) is 5.69 Å². The molecule has 0 aliphatic heterocycles. The summed E-state index contributed by atoms with van der Waals surface area (Å²) in [6.07, 6.45) is 1.80. The van der Waals surface area contributed by atoms with Gasteiger partial charge in [0, 0.05) is 29.8 Å². The highest BCUT2D eigenvalue weighted by atomic mass is 16.5. The summed E-state index contributed by atoms with van der Waals surface area (Å²) in [4.78, 5) is 16.2. The van der Waals surface area contributed by atoms with E-state index in [2.05, 4.69) is 11.1 Å². The minimum atomic E-state index is -0.699. The van der Waals surface area contributed by atoms with Crippen molar-refractivity contribution in [1.82, 2.24) is 14.3 Å². The summed E-state index contributed by atoms with van der Waals surface area (Å²) >= 11 is 0. The molecule has 0 fully saturated rings. The molecule has 0 atom stereocenters. The fraction of sp³-hybridized carbons (Fsp3) is 0.0526. The van der Waals surface area contributed by atoms with Crippen LogP contribution in [0, 0.1) is 0 Å². The van der Waals surface area contributed by atoms with Crippen LogP contribution in [-0.4, -0.2) is 24.6 Å². The van der Waals surface area contributed by atoms with Gasteiger partial charge in [-0.3, -0.25) is 9.55 Å². The number of rotatable bonds is 2. The van der Waals surface area contributed by atoms with Gasteiger partial charge in [0.05, 0.1) is 5.52 Å². The van der Waals surface area contributed by atoms with Crippen molar-refractivity contribution in [1.29, 1.82) is 0 Å². The van der Waals surface area contributed by atoms with Gasteiger partial charge in [0.2, 0.25) is 5.88 Å². The lowest BCUT2D eigenvalue weighted by Gasteiger charge is -2.06. The van der Waals surface area contributed by atoms with Gasteiger partial charge < -0.3 is 10.3 Å². The molecular weight excluding hydrogens is 318 g/mol.